The van der Waals surface area contributed by atoms with Gasteiger partial charge in [-0.25, -0.2) is 8.42 Å². The normalized spacial score (nSPS) is 13.2. The molecule has 0 saturated carbocycles. The van der Waals surface area contributed by atoms with Crippen LogP contribution in [0.1, 0.15) is 12.0 Å². The Morgan fingerprint density at radius 2 is 1.95 bits per heavy atom. The van der Waals surface area contributed by atoms with Crippen molar-refractivity contribution in [1.82, 2.24) is 9.62 Å². The highest BCUT2D eigenvalue weighted by Crippen LogP contribution is 2.07. The fourth-order valence-corrected chi connectivity index (χ4v) is 3.25. The standard InChI is InChI=1S/C15H22N2O3S2/c1-17(2)15(18)14(9-11-21-3)16-22(19,20)12-10-13-7-5-4-6-8-13/h4-8,10,12,14,16H,9,11H2,1-3H3/b12-10+/t14-/m1/s1. The summed E-state index contributed by atoms with van der Waals surface area (Å²) in [5, 5.41) is 1.09. The summed E-state index contributed by atoms with van der Waals surface area (Å²) < 4.78 is 26.7. The molecule has 1 rings (SSSR count). The van der Waals surface area contributed by atoms with Gasteiger partial charge in [-0.1, -0.05) is 30.3 Å². The predicted molar refractivity (Wildman–Crippen MR) is 93.0 cm³/mol. The molecular formula is C15H22N2O3S2. The second kappa shape index (κ2) is 8.97. The van der Waals surface area contributed by atoms with Gasteiger partial charge in [0, 0.05) is 19.5 Å². The lowest BCUT2D eigenvalue weighted by molar-refractivity contribution is -0.130. The smallest absolute Gasteiger partial charge is 0.240 e. The number of likely N-dealkylation sites (N-methyl/N-ethyl adjacent to an activating group) is 1. The van der Waals surface area contributed by atoms with E-state index in [0.717, 1.165) is 11.0 Å². The average Bonchev–Trinajstić information content (AvgIpc) is 2.49. The summed E-state index contributed by atoms with van der Waals surface area (Å²) in [4.78, 5) is 13.5. The van der Waals surface area contributed by atoms with Gasteiger partial charge in [-0.2, -0.15) is 16.5 Å². The van der Waals surface area contributed by atoms with Crippen molar-refractivity contribution in [2.75, 3.05) is 26.1 Å². The molecule has 7 heteroatoms. The number of nitrogens with one attached hydrogen (secondary N) is 1. The number of hydrogen-bond donors (Lipinski definition) is 1. The zero-order valence-electron chi connectivity index (χ0n) is 13.0. The zero-order chi connectivity index (χ0) is 16.6. The Balaban J connectivity index is 2.81. The van der Waals surface area contributed by atoms with Gasteiger partial charge < -0.3 is 4.90 Å². The van der Waals surface area contributed by atoms with Crippen LogP contribution < -0.4 is 4.72 Å². The quantitative estimate of drug-likeness (QED) is 0.782. The minimum atomic E-state index is -3.68. The SMILES string of the molecule is CSCC[C@@H](NS(=O)(=O)/C=C/c1ccccc1)C(=O)N(C)C. The van der Waals surface area contributed by atoms with Crippen LogP contribution in [0.4, 0.5) is 0 Å². The van der Waals surface area contributed by atoms with Gasteiger partial charge in [0.05, 0.1) is 0 Å². The first-order valence-corrected chi connectivity index (χ1v) is 9.75. The van der Waals surface area contributed by atoms with Gasteiger partial charge in [0.1, 0.15) is 6.04 Å². The first kappa shape index (κ1) is 18.7. The number of benzene rings is 1. The molecule has 0 bridgehead atoms. The number of amides is 1. The van der Waals surface area contributed by atoms with Gasteiger partial charge in [0.25, 0.3) is 0 Å². The summed E-state index contributed by atoms with van der Waals surface area (Å²) in [6, 6.07) is 8.39. The highest BCUT2D eigenvalue weighted by molar-refractivity contribution is 7.98. The summed E-state index contributed by atoms with van der Waals surface area (Å²) >= 11 is 1.57. The molecule has 0 aliphatic carbocycles. The van der Waals surface area contributed by atoms with E-state index in [2.05, 4.69) is 4.72 Å². The Labute approximate surface area is 136 Å². The van der Waals surface area contributed by atoms with Crippen LogP contribution in [-0.2, 0) is 14.8 Å². The van der Waals surface area contributed by atoms with Crippen LogP contribution in [0.2, 0.25) is 0 Å². The van der Waals surface area contributed by atoms with Crippen LogP contribution in [0.25, 0.3) is 6.08 Å². The van der Waals surface area contributed by atoms with Crippen LogP contribution in [0.15, 0.2) is 35.7 Å². The second-order valence-corrected chi connectivity index (χ2v) is 7.53. The summed E-state index contributed by atoms with van der Waals surface area (Å²) in [5.74, 6) is 0.459. The van der Waals surface area contributed by atoms with Crippen LogP contribution in [0, 0.1) is 0 Å². The lowest BCUT2D eigenvalue weighted by Gasteiger charge is -2.20. The summed E-state index contributed by atoms with van der Waals surface area (Å²) in [7, 11) is -0.448. The lowest BCUT2D eigenvalue weighted by Crippen LogP contribution is -2.45. The van der Waals surface area contributed by atoms with E-state index in [0.29, 0.717) is 12.2 Å². The first-order valence-electron chi connectivity index (χ1n) is 6.81. The van der Waals surface area contributed by atoms with Gasteiger partial charge in [0.15, 0.2) is 0 Å². The topological polar surface area (TPSA) is 66.5 Å². The third-order valence-electron chi connectivity index (χ3n) is 2.90. The molecule has 122 valence electrons. The van der Waals surface area contributed by atoms with Crippen molar-refractivity contribution in [2.45, 2.75) is 12.5 Å². The fourth-order valence-electron chi connectivity index (χ4n) is 1.75. The highest BCUT2D eigenvalue weighted by Gasteiger charge is 2.23. The van der Waals surface area contributed by atoms with E-state index in [1.807, 2.05) is 36.6 Å². The van der Waals surface area contributed by atoms with Crippen molar-refractivity contribution in [3.8, 4) is 0 Å². The van der Waals surface area contributed by atoms with E-state index < -0.39 is 16.1 Å². The van der Waals surface area contributed by atoms with Crippen molar-refractivity contribution in [3.05, 3.63) is 41.3 Å². The Hall–Kier alpha value is -1.31. The third-order valence-corrected chi connectivity index (χ3v) is 4.65. The molecule has 1 aromatic rings. The number of carbonyl (C=O) groups is 1. The van der Waals surface area contributed by atoms with Crippen molar-refractivity contribution >= 4 is 33.8 Å². The molecule has 0 unspecified atom stereocenters. The average molecular weight is 342 g/mol. The maximum Gasteiger partial charge on any atom is 0.240 e. The maximum absolute atomic E-state index is 12.1. The van der Waals surface area contributed by atoms with E-state index in [1.165, 1.54) is 11.0 Å². The molecule has 0 aliphatic rings. The lowest BCUT2D eigenvalue weighted by atomic mass is 10.2. The van der Waals surface area contributed by atoms with E-state index in [1.54, 1.807) is 25.9 Å². The molecule has 0 aromatic heterocycles. The van der Waals surface area contributed by atoms with E-state index in [4.69, 9.17) is 0 Å². The summed E-state index contributed by atoms with van der Waals surface area (Å²) in [6.45, 7) is 0. The van der Waals surface area contributed by atoms with Crippen LogP contribution >= 0.6 is 11.8 Å². The van der Waals surface area contributed by atoms with Gasteiger partial charge >= 0.3 is 0 Å². The molecule has 5 nitrogen and oxygen atoms in total. The van der Waals surface area contributed by atoms with Gasteiger partial charge in [0.2, 0.25) is 15.9 Å². The van der Waals surface area contributed by atoms with E-state index >= 15 is 0 Å². The Morgan fingerprint density at radius 1 is 1.32 bits per heavy atom. The molecule has 1 N–H and O–H groups in total. The molecule has 1 atom stereocenters. The van der Waals surface area contributed by atoms with Crippen LogP contribution in [0.5, 0.6) is 0 Å². The predicted octanol–water partition coefficient (Wildman–Crippen LogP) is 1.79. The summed E-state index contributed by atoms with van der Waals surface area (Å²) in [5.41, 5.74) is 0.785. The van der Waals surface area contributed by atoms with Crippen molar-refractivity contribution < 1.29 is 13.2 Å². The Morgan fingerprint density at radius 3 is 2.50 bits per heavy atom. The van der Waals surface area contributed by atoms with Crippen molar-refractivity contribution in [3.63, 3.8) is 0 Å². The second-order valence-electron chi connectivity index (χ2n) is 4.94. The van der Waals surface area contributed by atoms with Crippen molar-refractivity contribution in [2.24, 2.45) is 0 Å². The van der Waals surface area contributed by atoms with Crippen LogP contribution in [0.3, 0.4) is 0 Å². The fraction of sp³-hybridized carbons (Fsp3) is 0.400. The van der Waals surface area contributed by atoms with Crippen molar-refractivity contribution in [1.29, 1.82) is 0 Å². The number of rotatable bonds is 8. The van der Waals surface area contributed by atoms with Gasteiger partial charge in [-0.15, -0.1) is 0 Å². The Kier molecular flexibility index (Phi) is 7.64. The molecule has 0 aliphatic heterocycles. The van der Waals surface area contributed by atoms with Gasteiger partial charge in [-0.3, -0.25) is 4.79 Å². The molecule has 0 saturated heterocycles. The molecular weight excluding hydrogens is 320 g/mol. The summed E-state index contributed by atoms with van der Waals surface area (Å²) in [6.07, 6.45) is 3.88. The largest absolute Gasteiger partial charge is 0.347 e. The number of nitrogens with zero attached hydrogens (tertiary/aromatic N) is 1. The third kappa shape index (κ3) is 6.64. The highest BCUT2D eigenvalue weighted by atomic mass is 32.2. The van der Waals surface area contributed by atoms with E-state index in [-0.39, 0.29) is 5.91 Å². The molecule has 0 fully saturated rings. The molecule has 0 heterocycles. The number of sulfonamides is 1. The molecule has 22 heavy (non-hydrogen) atoms. The molecule has 1 amide bonds. The molecule has 1 aromatic carbocycles. The number of thioether (sulfide) groups is 1. The van der Waals surface area contributed by atoms with Crippen LogP contribution in [-0.4, -0.2) is 51.4 Å². The number of hydrogen-bond acceptors (Lipinski definition) is 4. The molecule has 0 spiro atoms. The first-order chi connectivity index (χ1) is 10.4. The number of carbonyl (C=O) groups excluding carboxylic acids is 1. The minimum Gasteiger partial charge on any atom is -0.347 e. The van der Waals surface area contributed by atoms with Gasteiger partial charge in [-0.05, 0) is 30.1 Å². The molecule has 0 radical (unpaired) electrons. The van der Waals surface area contributed by atoms with E-state index in [9.17, 15) is 13.2 Å². The monoisotopic (exact) mass is 342 g/mol. The minimum absolute atomic E-state index is 0.245. The maximum atomic E-state index is 12.1. The zero-order valence-corrected chi connectivity index (χ0v) is 14.7. The Bertz CT molecular complexity index is 598.